The fraction of sp³-hybridized carbons (Fsp3) is 0.385. The number of fused-ring (bicyclic) bond motifs is 1. The number of nitrogens with zero attached hydrogens (tertiary/aromatic N) is 1. The third kappa shape index (κ3) is 2.27. The van der Waals surface area contributed by atoms with E-state index in [0.29, 0.717) is 5.56 Å². The fourth-order valence-corrected chi connectivity index (χ4v) is 2.51. The van der Waals surface area contributed by atoms with Gasteiger partial charge in [-0.3, -0.25) is 4.79 Å². The number of carbonyl (C=O) groups excluding carboxylic acids is 2. The summed E-state index contributed by atoms with van der Waals surface area (Å²) in [5, 5.41) is 0. The highest BCUT2D eigenvalue weighted by Crippen LogP contribution is 2.38. The molecule has 1 aromatic rings. The predicted octanol–water partition coefficient (Wildman–Crippen LogP) is 3.47. The maximum absolute atomic E-state index is 12.1. The number of benzene rings is 1. The Morgan fingerprint density at radius 3 is 2.50 bits per heavy atom. The summed E-state index contributed by atoms with van der Waals surface area (Å²) in [4.78, 5) is 24.8. The van der Waals surface area contributed by atoms with Crippen LogP contribution in [0.5, 0.6) is 0 Å². The molecule has 1 unspecified atom stereocenters. The second kappa shape index (κ2) is 4.39. The fourth-order valence-electron chi connectivity index (χ4n) is 1.76. The van der Waals surface area contributed by atoms with Gasteiger partial charge in [-0.15, -0.1) is 0 Å². The lowest BCUT2D eigenvalue weighted by atomic mass is 10.1. The van der Waals surface area contributed by atoms with Gasteiger partial charge in [-0.2, -0.15) is 0 Å². The van der Waals surface area contributed by atoms with E-state index in [1.165, 1.54) is 0 Å². The first-order valence-corrected chi connectivity index (χ1v) is 6.52. The van der Waals surface area contributed by atoms with Crippen molar-refractivity contribution in [2.24, 2.45) is 0 Å². The maximum Gasteiger partial charge on any atom is 0.418 e. The number of hydrogen-bond acceptors (Lipinski definition) is 3. The van der Waals surface area contributed by atoms with Crippen molar-refractivity contribution in [2.45, 2.75) is 31.3 Å². The largest absolute Gasteiger partial charge is 0.443 e. The molecule has 0 saturated heterocycles. The van der Waals surface area contributed by atoms with Crippen molar-refractivity contribution in [1.29, 1.82) is 0 Å². The molecule has 18 heavy (non-hydrogen) atoms. The van der Waals surface area contributed by atoms with Gasteiger partial charge in [0.1, 0.15) is 10.6 Å². The van der Waals surface area contributed by atoms with E-state index in [9.17, 15) is 9.59 Å². The molecule has 4 nitrogen and oxygen atoms in total. The number of ether oxygens (including phenoxy) is 1. The number of carbonyl (C=O) groups is 2. The smallest absolute Gasteiger partial charge is 0.418 e. The van der Waals surface area contributed by atoms with E-state index in [1.807, 2.05) is 12.1 Å². The average Bonchev–Trinajstić information content (AvgIpc) is 2.50. The van der Waals surface area contributed by atoms with Crippen LogP contribution in [-0.2, 0) is 4.74 Å². The molecule has 0 radical (unpaired) electrons. The van der Waals surface area contributed by atoms with Crippen LogP contribution in [0.2, 0.25) is 0 Å². The molecule has 1 aliphatic rings. The SMILES string of the molecule is CC(C)(C)OC(=O)N1C(=O)c2ccccc2C1Br. The summed E-state index contributed by atoms with van der Waals surface area (Å²) in [6.45, 7) is 5.30. The van der Waals surface area contributed by atoms with Gasteiger partial charge in [-0.1, -0.05) is 34.1 Å². The summed E-state index contributed by atoms with van der Waals surface area (Å²) in [5.41, 5.74) is 0.692. The quantitative estimate of drug-likeness (QED) is 0.544. The van der Waals surface area contributed by atoms with Gasteiger partial charge in [-0.05, 0) is 32.4 Å². The van der Waals surface area contributed by atoms with Crippen LogP contribution in [0.25, 0.3) is 0 Å². The highest BCUT2D eigenvalue weighted by molar-refractivity contribution is 9.09. The summed E-state index contributed by atoms with van der Waals surface area (Å²) >= 11 is 3.36. The molecule has 2 rings (SSSR count). The van der Waals surface area contributed by atoms with Crippen LogP contribution in [0.15, 0.2) is 24.3 Å². The molecule has 0 aliphatic carbocycles. The van der Waals surface area contributed by atoms with E-state index < -0.39 is 16.6 Å². The maximum atomic E-state index is 12.1. The lowest BCUT2D eigenvalue weighted by Crippen LogP contribution is -2.37. The van der Waals surface area contributed by atoms with Crippen molar-refractivity contribution in [1.82, 2.24) is 4.90 Å². The monoisotopic (exact) mass is 311 g/mol. The van der Waals surface area contributed by atoms with Gasteiger partial charge < -0.3 is 4.74 Å². The summed E-state index contributed by atoms with van der Waals surface area (Å²) in [5.74, 6) is -0.332. The number of halogens is 1. The van der Waals surface area contributed by atoms with Gasteiger partial charge in [0.15, 0.2) is 0 Å². The number of rotatable bonds is 0. The molecule has 1 aliphatic heterocycles. The van der Waals surface area contributed by atoms with Crippen LogP contribution in [0.4, 0.5) is 4.79 Å². The van der Waals surface area contributed by atoms with Crippen LogP contribution in [0.3, 0.4) is 0 Å². The van der Waals surface area contributed by atoms with Crippen molar-refractivity contribution in [3.63, 3.8) is 0 Å². The van der Waals surface area contributed by atoms with Crippen LogP contribution in [0.1, 0.15) is 41.6 Å². The minimum Gasteiger partial charge on any atom is -0.443 e. The Balaban J connectivity index is 2.29. The first-order valence-electron chi connectivity index (χ1n) is 5.61. The second-order valence-corrected chi connectivity index (χ2v) is 5.95. The van der Waals surface area contributed by atoms with Crippen molar-refractivity contribution < 1.29 is 14.3 Å². The molecule has 0 spiro atoms. The van der Waals surface area contributed by atoms with E-state index in [2.05, 4.69) is 15.9 Å². The third-order valence-corrected chi connectivity index (χ3v) is 3.39. The van der Waals surface area contributed by atoms with Gasteiger partial charge in [0.25, 0.3) is 5.91 Å². The van der Waals surface area contributed by atoms with Crippen LogP contribution in [0, 0.1) is 0 Å². The zero-order chi connectivity index (χ0) is 13.5. The molecular weight excluding hydrogens is 298 g/mol. The third-order valence-electron chi connectivity index (χ3n) is 2.48. The van der Waals surface area contributed by atoms with E-state index in [4.69, 9.17) is 4.74 Å². The summed E-state index contributed by atoms with van der Waals surface area (Å²) in [7, 11) is 0. The van der Waals surface area contributed by atoms with E-state index >= 15 is 0 Å². The lowest BCUT2D eigenvalue weighted by Gasteiger charge is -2.25. The van der Waals surface area contributed by atoms with Crippen molar-refractivity contribution in [3.8, 4) is 0 Å². The Kier molecular flexibility index (Phi) is 3.19. The molecular formula is C13H14BrNO3. The first kappa shape index (κ1) is 13.1. The minimum absolute atomic E-state index is 0.332. The Bertz CT molecular complexity index is 507. The molecule has 1 atom stereocenters. The van der Waals surface area contributed by atoms with Crippen LogP contribution in [-0.4, -0.2) is 22.5 Å². The van der Waals surface area contributed by atoms with E-state index in [0.717, 1.165) is 10.5 Å². The normalized spacial score (nSPS) is 18.8. The minimum atomic E-state index is -0.634. The molecule has 0 bridgehead atoms. The highest BCUT2D eigenvalue weighted by Gasteiger charge is 2.41. The molecule has 0 fully saturated rings. The zero-order valence-electron chi connectivity index (χ0n) is 10.4. The van der Waals surface area contributed by atoms with E-state index in [-0.39, 0.29) is 5.91 Å². The molecule has 96 valence electrons. The van der Waals surface area contributed by atoms with Gasteiger partial charge in [0.05, 0.1) is 0 Å². The number of alkyl halides is 1. The number of hydrogen-bond donors (Lipinski definition) is 0. The van der Waals surface area contributed by atoms with Crippen molar-refractivity contribution in [3.05, 3.63) is 35.4 Å². The van der Waals surface area contributed by atoms with Gasteiger partial charge in [0, 0.05) is 5.56 Å². The average molecular weight is 312 g/mol. The Morgan fingerprint density at radius 1 is 1.33 bits per heavy atom. The summed E-state index contributed by atoms with van der Waals surface area (Å²) in [6, 6.07) is 7.13. The van der Waals surface area contributed by atoms with Crippen LogP contribution < -0.4 is 0 Å². The molecule has 1 aromatic carbocycles. The molecule has 0 aromatic heterocycles. The molecule has 5 heteroatoms. The van der Waals surface area contributed by atoms with Crippen molar-refractivity contribution >= 4 is 27.9 Å². The molecule has 1 heterocycles. The Labute approximate surface area is 114 Å². The van der Waals surface area contributed by atoms with E-state index in [1.54, 1.807) is 32.9 Å². The second-order valence-electron chi connectivity index (χ2n) is 5.08. The molecule has 2 amide bonds. The topological polar surface area (TPSA) is 46.6 Å². The summed E-state index contributed by atoms with van der Waals surface area (Å²) in [6.07, 6.45) is -0.634. The summed E-state index contributed by atoms with van der Waals surface area (Å²) < 4.78 is 5.23. The standard InChI is InChI=1S/C13H14BrNO3/c1-13(2,3)18-12(17)15-10(14)8-6-4-5-7-9(8)11(15)16/h4-7,10H,1-3H3. The Hall–Kier alpha value is -1.36. The van der Waals surface area contributed by atoms with Crippen molar-refractivity contribution in [2.75, 3.05) is 0 Å². The first-order chi connectivity index (χ1) is 8.31. The molecule has 0 saturated carbocycles. The predicted molar refractivity (Wildman–Crippen MR) is 70.5 cm³/mol. The lowest BCUT2D eigenvalue weighted by molar-refractivity contribution is 0.0246. The van der Waals surface area contributed by atoms with Crippen LogP contribution >= 0.6 is 15.9 Å². The van der Waals surface area contributed by atoms with Gasteiger partial charge in [-0.25, -0.2) is 9.69 Å². The number of amides is 2. The van der Waals surface area contributed by atoms with Gasteiger partial charge in [0.2, 0.25) is 0 Å². The zero-order valence-corrected chi connectivity index (χ0v) is 12.0. The Morgan fingerprint density at radius 2 is 1.94 bits per heavy atom. The molecule has 0 N–H and O–H groups in total. The highest BCUT2D eigenvalue weighted by atomic mass is 79.9. The number of imide groups is 1. The van der Waals surface area contributed by atoms with Gasteiger partial charge >= 0.3 is 6.09 Å².